The lowest BCUT2D eigenvalue weighted by molar-refractivity contribution is -0.149. The van der Waals surface area contributed by atoms with Gasteiger partial charge in [0.2, 0.25) is 0 Å². The van der Waals surface area contributed by atoms with E-state index in [2.05, 4.69) is 0 Å². The van der Waals surface area contributed by atoms with Crippen molar-refractivity contribution in [2.45, 2.75) is 32.2 Å². The highest BCUT2D eigenvalue weighted by Gasteiger charge is 2.28. The summed E-state index contributed by atoms with van der Waals surface area (Å²) < 4.78 is 15.0. The molecule has 0 aliphatic rings. The summed E-state index contributed by atoms with van der Waals surface area (Å²) in [7, 11) is 1.63. The van der Waals surface area contributed by atoms with Crippen molar-refractivity contribution < 1.29 is 19.0 Å². The van der Waals surface area contributed by atoms with Crippen LogP contribution in [-0.2, 0) is 19.0 Å². The lowest BCUT2D eigenvalue weighted by atomic mass is 9.98. The van der Waals surface area contributed by atoms with Crippen LogP contribution in [0.15, 0.2) is 0 Å². The SMILES string of the molecule is CCOC(=O)C(C)(N)CCCOCCOC. The summed E-state index contributed by atoms with van der Waals surface area (Å²) in [5.74, 6) is -0.355. The Labute approximate surface area is 97.2 Å². The molecule has 1 unspecified atom stereocenters. The molecule has 0 aliphatic heterocycles. The monoisotopic (exact) mass is 233 g/mol. The molecule has 0 bridgehead atoms. The smallest absolute Gasteiger partial charge is 0.325 e. The molecule has 1 atom stereocenters. The van der Waals surface area contributed by atoms with Gasteiger partial charge in [-0.2, -0.15) is 0 Å². The third-order valence-corrected chi connectivity index (χ3v) is 2.16. The Morgan fingerprint density at radius 2 is 2.00 bits per heavy atom. The van der Waals surface area contributed by atoms with Crippen LogP contribution in [0.4, 0.5) is 0 Å². The van der Waals surface area contributed by atoms with Gasteiger partial charge in [-0.15, -0.1) is 0 Å². The van der Waals surface area contributed by atoms with Crippen molar-refractivity contribution in [2.24, 2.45) is 5.73 Å². The van der Waals surface area contributed by atoms with Crippen LogP contribution in [0, 0.1) is 0 Å². The van der Waals surface area contributed by atoms with Gasteiger partial charge in [-0.3, -0.25) is 4.79 Å². The molecule has 0 aromatic carbocycles. The molecule has 16 heavy (non-hydrogen) atoms. The van der Waals surface area contributed by atoms with Gasteiger partial charge in [0.05, 0.1) is 19.8 Å². The van der Waals surface area contributed by atoms with Crippen LogP contribution in [0.3, 0.4) is 0 Å². The van der Waals surface area contributed by atoms with Crippen molar-refractivity contribution in [2.75, 3.05) is 33.5 Å². The first-order valence-corrected chi connectivity index (χ1v) is 5.57. The fourth-order valence-corrected chi connectivity index (χ4v) is 1.18. The first-order chi connectivity index (χ1) is 7.54. The summed E-state index contributed by atoms with van der Waals surface area (Å²) in [6, 6.07) is 0. The fraction of sp³-hybridized carbons (Fsp3) is 0.909. The fourth-order valence-electron chi connectivity index (χ4n) is 1.18. The molecule has 0 aromatic heterocycles. The van der Waals surface area contributed by atoms with E-state index in [1.165, 1.54) is 0 Å². The van der Waals surface area contributed by atoms with E-state index in [0.29, 0.717) is 32.8 Å². The average molecular weight is 233 g/mol. The van der Waals surface area contributed by atoms with Gasteiger partial charge in [0.25, 0.3) is 0 Å². The first-order valence-electron chi connectivity index (χ1n) is 5.57. The summed E-state index contributed by atoms with van der Waals surface area (Å²) in [5, 5.41) is 0. The van der Waals surface area contributed by atoms with Gasteiger partial charge in [-0.1, -0.05) is 0 Å². The van der Waals surface area contributed by atoms with Crippen LogP contribution in [0.2, 0.25) is 0 Å². The second kappa shape index (κ2) is 8.50. The number of carbonyl (C=O) groups is 1. The maximum atomic E-state index is 11.4. The number of rotatable bonds is 9. The van der Waals surface area contributed by atoms with E-state index in [0.717, 1.165) is 6.42 Å². The number of hydrogen-bond acceptors (Lipinski definition) is 5. The van der Waals surface area contributed by atoms with Gasteiger partial charge < -0.3 is 19.9 Å². The second-order valence-electron chi connectivity index (χ2n) is 3.85. The van der Waals surface area contributed by atoms with Crippen LogP contribution in [0.1, 0.15) is 26.7 Å². The normalized spacial score (nSPS) is 14.5. The Kier molecular flexibility index (Phi) is 8.15. The molecule has 0 radical (unpaired) electrons. The minimum absolute atomic E-state index is 0.355. The number of methoxy groups -OCH3 is 1. The van der Waals surface area contributed by atoms with E-state index in [9.17, 15) is 4.79 Å². The molecule has 0 rings (SSSR count). The molecule has 0 amide bonds. The van der Waals surface area contributed by atoms with Crippen molar-refractivity contribution in [3.05, 3.63) is 0 Å². The number of ether oxygens (including phenoxy) is 3. The predicted molar refractivity (Wildman–Crippen MR) is 61.2 cm³/mol. The average Bonchev–Trinajstić information content (AvgIpc) is 2.23. The van der Waals surface area contributed by atoms with Gasteiger partial charge in [0.15, 0.2) is 0 Å². The first kappa shape index (κ1) is 15.3. The third kappa shape index (κ3) is 6.76. The molecular formula is C11H23NO4. The molecule has 5 nitrogen and oxygen atoms in total. The van der Waals surface area contributed by atoms with Gasteiger partial charge in [-0.05, 0) is 26.7 Å². The number of nitrogens with two attached hydrogens (primary N) is 1. The van der Waals surface area contributed by atoms with Crippen LogP contribution in [-0.4, -0.2) is 45.0 Å². The Balaban J connectivity index is 3.61. The Morgan fingerprint density at radius 3 is 2.56 bits per heavy atom. The summed E-state index contributed by atoms with van der Waals surface area (Å²) >= 11 is 0. The Hall–Kier alpha value is -0.650. The second-order valence-corrected chi connectivity index (χ2v) is 3.85. The zero-order valence-electron chi connectivity index (χ0n) is 10.5. The zero-order valence-corrected chi connectivity index (χ0v) is 10.5. The molecule has 0 heterocycles. The maximum absolute atomic E-state index is 11.4. The van der Waals surface area contributed by atoms with E-state index < -0.39 is 5.54 Å². The molecule has 5 heteroatoms. The number of esters is 1. The summed E-state index contributed by atoms with van der Waals surface area (Å²) in [6.07, 6.45) is 1.29. The highest BCUT2D eigenvalue weighted by Crippen LogP contribution is 2.11. The van der Waals surface area contributed by atoms with E-state index in [1.54, 1.807) is 21.0 Å². The van der Waals surface area contributed by atoms with Crippen LogP contribution in [0.5, 0.6) is 0 Å². The van der Waals surface area contributed by atoms with Gasteiger partial charge in [0.1, 0.15) is 5.54 Å². The van der Waals surface area contributed by atoms with Crippen LogP contribution >= 0.6 is 0 Å². The standard InChI is InChI=1S/C11H23NO4/c1-4-16-10(13)11(2,12)6-5-7-15-9-8-14-3/h4-9,12H2,1-3H3. The van der Waals surface area contributed by atoms with Gasteiger partial charge in [0, 0.05) is 13.7 Å². The van der Waals surface area contributed by atoms with Crippen molar-refractivity contribution >= 4 is 5.97 Å². The highest BCUT2D eigenvalue weighted by molar-refractivity contribution is 5.79. The van der Waals surface area contributed by atoms with Crippen molar-refractivity contribution in [1.29, 1.82) is 0 Å². The minimum atomic E-state index is -0.916. The maximum Gasteiger partial charge on any atom is 0.325 e. The molecule has 0 saturated heterocycles. The van der Waals surface area contributed by atoms with Crippen molar-refractivity contribution in [3.8, 4) is 0 Å². The number of carbonyl (C=O) groups excluding carboxylic acids is 1. The zero-order chi connectivity index (χ0) is 12.4. The van der Waals surface area contributed by atoms with Crippen LogP contribution in [0.25, 0.3) is 0 Å². The quantitative estimate of drug-likeness (QED) is 0.469. The summed E-state index contributed by atoms with van der Waals surface area (Å²) in [6.45, 7) is 5.53. The summed E-state index contributed by atoms with van der Waals surface area (Å²) in [5.41, 5.74) is 4.92. The van der Waals surface area contributed by atoms with E-state index in [-0.39, 0.29) is 5.97 Å². The summed E-state index contributed by atoms with van der Waals surface area (Å²) in [4.78, 5) is 11.4. The largest absolute Gasteiger partial charge is 0.465 e. The Morgan fingerprint density at radius 1 is 1.31 bits per heavy atom. The molecule has 2 N–H and O–H groups in total. The van der Waals surface area contributed by atoms with E-state index in [1.807, 2.05) is 0 Å². The predicted octanol–water partition coefficient (Wildman–Crippen LogP) is 0.710. The van der Waals surface area contributed by atoms with Crippen molar-refractivity contribution in [3.63, 3.8) is 0 Å². The van der Waals surface area contributed by atoms with E-state index in [4.69, 9.17) is 19.9 Å². The lowest BCUT2D eigenvalue weighted by Crippen LogP contribution is -2.46. The topological polar surface area (TPSA) is 70.8 Å². The lowest BCUT2D eigenvalue weighted by Gasteiger charge is -2.21. The molecule has 0 saturated carbocycles. The molecular weight excluding hydrogens is 210 g/mol. The van der Waals surface area contributed by atoms with Gasteiger partial charge >= 0.3 is 5.97 Å². The molecule has 0 aliphatic carbocycles. The molecule has 0 aromatic rings. The number of hydrogen-bond donors (Lipinski definition) is 1. The molecule has 0 fully saturated rings. The minimum Gasteiger partial charge on any atom is -0.465 e. The Bertz CT molecular complexity index is 194. The van der Waals surface area contributed by atoms with Gasteiger partial charge in [-0.25, -0.2) is 0 Å². The van der Waals surface area contributed by atoms with E-state index >= 15 is 0 Å². The van der Waals surface area contributed by atoms with Crippen LogP contribution < -0.4 is 5.73 Å². The third-order valence-electron chi connectivity index (χ3n) is 2.16. The van der Waals surface area contributed by atoms with Crippen molar-refractivity contribution in [1.82, 2.24) is 0 Å². The molecule has 0 spiro atoms. The molecule has 96 valence electrons. The highest BCUT2D eigenvalue weighted by atomic mass is 16.5.